The van der Waals surface area contributed by atoms with E-state index in [0.29, 0.717) is 28.7 Å². The fourth-order valence-electron chi connectivity index (χ4n) is 3.85. The molecule has 0 amide bonds. The summed E-state index contributed by atoms with van der Waals surface area (Å²) < 4.78 is 17.1. The van der Waals surface area contributed by atoms with E-state index in [-0.39, 0.29) is 5.88 Å². The molecule has 1 heterocycles. The highest BCUT2D eigenvalue weighted by Crippen LogP contribution is 2.44. The topological polar surface area (TPSA) is 94.6 Å². The first-order chi connectivity index (χ1) is 17.5. The molecule has 1 unspecified atom stereocenters. The molecule has 3 aromatic carbocycles. The van der Waals surface area contributed by atoms with Crippen LogP contribution in [0.15, 0.2) is 84.3 Å². The zero-order valence-corrected chi connectivity index (χ0v) is 20.5. The number of benzene rings is 3. The van der Waals surface area contributed by atoms with Crippen molar-refractivity contribution in [2.45, 2.75) is 25.7 Å². The molecule has 0 aliphatic carbocycles. The lowest BCUT2D eigenvalue weighted by Gasteiger charge is -2.27. The Bertz CT molecular complexity index is 1360. The molecular weight excluding hydrogens is 476 g/mol. The second-order valence-corrected chi connectivity index (χ2v) is 8.64. The van der Waals surface area contributed by atoms with Gasteiger partial charge in [0, 0.05) is 22.7 Å². The van der Waals surface area contributed by atoms with Crippen molar-refractivity contribution in [1.82, 2.24) is 0 Å². The molecule has 3 aromatic rings. The molecule has 36 heavy (non-hydrogen) atoms. The maximum atomic E-state index is 12.3. The maximum absolute atomic E-state index is 12.3. The van der Waals surface area contributed by atoms with Crippen LogP contribution in [0.25, 0.3) is 6.08 Å². The third kappa shape index (κ3) is 5.88. The summed E-state index contributed by atoms with van der Waals surface area (Å²) in [5.74, 6) is 0.462. The molecule has 2 N–H and O–H groups in total. The third-order valence-corrected chi connectivity index (χ3v) is 5.90. The van der Waals surface area contributed by atoms with Gasteiger partial charge in [-0.15, -0.1) is 0 Å². The number of nitrogens with two attached hydrogens (primary N) is 1. The number of nitrogens with zero attached hydrogens (tertiary/aromatic N) is 1. The number of ether oxygens (including phenoxy) is 3. The minimum atomic E-state index is -0.546. The van der Waals surface area contributed by atoms with Crippen LogP contribution in [-0.2, 0) is 4.79 Å². The fraction of sp³-hybridized carbons (Fsp3) is 0.172. The summed E-state index contributed by atoms with van der Waals surface area (Å²) >= 11 is 5.89. The number of unbranched alkanes of at least 4 members (excludes halogenated alkanes) is 1. The number of fused-ring (bicyclic) bond motifs is 1. The van der Waals surface area contributed by atoms with Crippen LogP contribution in [-0.4, -0.2) is 12.6 Å². The Balaban J connectivity index is 1.57. The Hall–Kier alpha value is -4.21. The van der Waals surface area contributed by atoms with Crippen molar-refractivity contribution in [3.8, 4) is 23.3 Å². The molecule has 0 spiro atoms. The molecule has 6 nitrogen and oxygen atoms in total. The van der Waals surface area contributed by atoms with E-state index < -0.39 is 11.9 Å². The van der Waals surface area contributed by atoms with Crippen molar-refractivity contribution in [3.05, 3.63) is 106 Å². The van der Waals surface area contributed by atoms with Gasteiger partial charge in [-0.3, -0.25) is 0 Å². The predicted octanol–water partition coefficient (Wildman–Crippen LogP) is 6.36. The summed E-state index contributed by atoms with van der Waals surface area (Å²) in [6.45, 7) is 2.72. The molecule has 1 atom stereocenters. The molecule has 0 bridgehead atoms. The Morgan fingerprint density at radius 1 is 1.14 bits per heavy atom. The molecular formula is C29H25ClN2O4. The molecule has 0 fully saturated rings. The van der Waals surface area contributed by atoms with E-state index in [1.165, 1.54) is 6.08 Å². The summed E-state index contributed by atoms with van der Waals surface area (Å²) in [6, 6.07) is 21.9. The van der Waals surface area contributed by atoms with Gasteiger partial charge in [-0.1, -0.05) is 55.3 Å². The molecule has 0 radical (unpaired) electrons. The number of allylic oxidation sites excluding steroid dienone is 1. The highest BCUT2D eigenvalue weighted by atomic mass is 35.5. The standard InChI is InChI=1S/C29H25ClN2O4/c1-2-3-15-34-22-6-4-5-20(16-22)28-24-13-12-23(17-26(24)36-29(32)25(28)18-31)35-27(33)14-9-19-7-10-21(30)11-8-19/h4-14,16-17,28H,2-3,15,32H2,1H3/b14-9+. The van der Waals surface area contributed by atoms with Gasteiger partial charge >= 0.3 is 5.97 Å². The van der Waals surface area contributed by atoms with Crippen LogP contribution in [0.3, 0.4) is 0 Å². The van der Waals surface area contributed by atoms with Gasteiger partial charge in [0.1, 0.15) is 28.9 Å². The number of carbonyl (C=O) groups excluding carboxylic acids is 1. The molecule has 0 saturated carbocycles. The van der Waals surface area contributed by atoms with Crippen LogP contribution in [0.2, 0.25) is 5.02 Å². The van der Waals surface area contributed by atoms with E-state index in [1.54, 1.807) is 48.5 Å². The van der Waals surface area contributed by atoms with E-state index in [1.807, 2.05) is 24.3 Å². The average Bonchev–Trinajstić information content (AvgIpc) is 2.88. The van der Waals surface area contributed by atoms with Crippen LogP contribution in [0.4, 0.5) is 0 Å². The highest BCUT2D eigenvalue weighted by molar-refractivity contribution is 6.30. The van der Waals surface area contributed by atoms with Crippen molar-refractivity contribution in [3.63, 3.8) is 0 Å². The summed E-state index contributed by atoms with van der Waals surface area (Å²) in [7, 11) is 0. The van der Waals surface area contributed by atoms with Gasteiger partial charge in [0.05, 0.1) is 12.5 Å². The number of esters is 1. The Morgan fingerprint density at radius 2 is 1.94 bits per heavy atom. The number of carbonyl (C=O) groups is 1. The lowest BCUT2D eigenvalue weighted by Crippen LogP contribution is -2.21. The van der Waals surface area contributed by atoms with E-state index in [0.717, 1.165) is 35.3 Å². The Kier molecular flexibility index (Phi) is 7.94. The molecule has 7 heteroatoms. The maximum Gasteiger partial charge on any atom is 0.336 e. The highest BCUT2D eigenvalue weighted by Gasteiger charge is 2.31. The van der Waals surface area contributed by atoms with Gasteiger partial charge in [-0.2, -0.15) is 5.26 Å². The lowest BCUT2D eigenvalue weighted by atomic mass is 9.83. The zero-order chi connectivity index (χ0) is 25.5. The summed E-state index contributed by atoms with van der Waals surface area (Å²) in [5.41, 5.74) is 8.83. The largest absolute Gasteiger partial charge is 0.494 e. The van der Waals surface area contributed by atoms with Crippen molar-refractivity contribution in [2.24, 2.45) is 5.73 Å². The minimum Gasteiger partial charge on any atom is -0.494 e. The van der Waals surface area contributed by atoms with Gasteiger partial charge in [-0.25, -0.2) is 4.79 Å². The SMILES string of the molecule is CCCCOc1cccc(C2C(C#N)=C(N)Oc3cc(OC(=O)/C=C/c4ccc(Cl)cc4)ccc32)c1. The van der Waals surface area contributed by atoms with Gasteiger partial charge in [-0.05, 0) is 54.0 Å². The van der Waals surface area contributed by atoms with Crippen LogP contribution < -0.4 is 19.9 Å². The van der Waals surface area contributed by atoms with E-state index in [9.17, 15) is 10.1 Å². The summed E-state index contributed by atoms with van der Waals surface area (Å²) in [6.07, 6.45) is 4.96. The Labute approximate surface area is 215 Å². The first kappa shape index (κ1) is 24.9. The molecule has 182 valence electrons. The molecule has 1 aliphatic rings. The van der Waals surface area contributed by atoms with Gasteiger partial charge < -0.3 is 19.9 Å². The van der Waals surface area contributed by atoms with Crippen molar-refractivity contribution >= 4 is 23.6 Å². The number of nitriles is 1. The molecule has 4 rings (SSSR count). The second kappa shape index (κ2) is 11.5. The number of halogens is 1. The van der Waals surface area contributed by atoms with Crippen molar-refractivity contribution in [2.75, 3.05) is 6.61 Å². The van der Waals surface area contributed by atoms with Gasteiger partial charge in [0.15, 0.2) is 0 Å². The monoisotopic (exact) mass is 500 g/mol. The van der Waals surface area contributed by atoms with Crippen molar-refractivity contribution in [1.29, 1.82) is 5.26 Å². The van der Waals surface area contributed by atoms with Crippen LogP contribution in [0, 0.1) is 11.3 Å². The van der Waals surface area contributed by atoms with Crippen molar-refractivity contribution < 1.29 is 19.0 Å². The van der Waals surface area contributed by atoms with E-state index >= 15 is 0 Å². The minimum absolute atomic E-state index is 0.0124. The van der Waals surface area contributed by atoms with Crippen LogP contribution in [0.5, 0.6) is 17.2 Å². The fourth-order valence-corrected chi connectivity index (χ4v) is 3.97. The smallest absolute Gasteiger partial charge is 0.336 e. The van der Waals surface area contributed by atoms with E-state index in [2.05, 4.69) is 13.0 Å². The van der Waals surface area contributed by atoms with E-state index in [4.69, 9.17) is 31.5 Å². The molecule has 0 aromatic heterocycles. The first-order valence-electron chi connectivity index (χ1n) is 11.6. The number of hydrogen-bond donors (Lipinski definition) is 1. The quantitative estimate of drug-likeness (QED) is 0.167. The summed E-state index contributed by atoms with van der Waals surface area (Å²) in [4.78, 5) is 12.3. The molecule has 0 saturated heterocycles. The number of hydrogen-bond acceptors (Lipinski definition) is 6. The number of rotatable bonds is 8. The normalized spacial score (nSPS) is 14.6. The second-order valence-electron chi connectivity index (χ2n) is 8.20. The molecule has 1 aliphatic heterocycles. The van der Waals surface area contributed by atoms with Crippen LogP contribution in [0.1, 0.15) is 42.4 Å². The van der Waals surface area contributed by atoms with Gasteiger partial charge in [0.2, 0.25) is 5.88 Å². The lowest BCUT2D eigenvalue weighted by molar-refractivity contribution is -0.128. The predicted molar refractivity (Wildman–Crippen MR) is 139 cm³/mol. The third-order valence-electron chi connectivity index (χ3n) is 5.65. The summed E-state index contributed by atoms with van der Waals surface area (Å²) in [5, 5.41) is 10.4. The Morgan fingerprint density at radius 3 is 2.69 bits per heavy atom. The average molecular weight is 501 g/mol. The first-order valence-corrected chi connectivity index (χ1v) is 12.0. The van der Waals surface area contributed by atoms with Crippen LogP contribution >= 0.6 is 11.6 Å². The zero-order valence-electron chi connectivity index (χ0n) is 19.7. The van der Waals surface area contributed by atoms with Gasteiger partial charge in [0.25, 0.3) is 0 Å².